The Morgan fingerprint density at radius 3 is 2.52 bits per heavy atom. The first-order chi connectivity index (χ1) is 9.81. The maximum absolute atomic E-state index is 14.1. The van der Waals surface area contributed by atoms with E-state index in [0.29, 0.717) is 0 Å². The molecule has 8 heteroatoms. The van der Waals surface area contributed by atoms with Crippen molar-refractivity contribution in [3.05, 3.63) is 49.6 Å². The lowest BCUT2D eigenvalue weighted by Gasteiger charge is -2.14. The van der Waals surface area contributed by atoms with Crippen molar-refractivity contribution in [1.29, 1.82) is 0 Å². The Kier molecular flexibility index (Phi) is 4.76. The van der Waals surface area contributed by atoms with E-state index in [-0.39, 0.29) is 32.6 Å². The molecule has 0 unspecified atom stereocenters. The van der Waals surface area contributed by atoms with Crippen molar-refractivity contribution < 1.29 is 9.13 Å². The third-order valence-corrected chi connectivity index (χ3v) is 3.51. The predicted molar refractivity (Wildman–Crippen MR) is 80.6 cm³/mol. The Bertz CT molecular complexity index is 747. The highest BCUT2D eigenvalue weighted by Crippen LogP contribution is 2.30. The van der Waals surface area contributed by atoms with Gasteiger partial charge in [-0.3, -0.25) is 4.79 Å². The van der Waals surface area contributed by atoms with Crippen molar-refractivity contribution in [3.8, 4) is 11.4 Å². The Morgan fingerprint density at radius 1 is 1.24 bits per heavy atom. The SMILES string of the molecule is CC(C)Oc1cc(-n2ncc(Cl)c(Cl)c2=O)c(F)cc1Cl. The van der Waals surface area contributed by atoms with Gasteiger partial charge in [0.2, 0.25) is 0 Å². The van der Waals surface area contributed by atoms with Crippen LogP contribution in [0.4, 0.5) is 4.39 Å². The van der Waals surface area contributed by atoms with E-state index in [1.165, 1.54) is 6.07 Å². The summed E-state index contributed by atoms with van der Waals surface area (Å²) in [5.41, 5.74) is -0.862. The van der Waals surface area contributed by atoms with Crippen LogP contribution in [0.3, 0.4) is 0 Å². The van der Waals surface area contributed by atoms with Crippen LogP contribution < -0.4 is 10.3 Å². The molecule has 4 nitrogen and oxygen atoms in total. The zero-order valence-electron chi connectivity index (χ0n) is 11.0. The van der Waals surface area contributed by atoms with Gasteiger partial charge >= 0.3 is 0 Å². The zero-order chi connectivity index (χ0) is 15.7. The van der Waals surface area contributed by atoms with Gasteiger partial charge in [0.1, 0.15) is 16.5 Å². The maximum Gasteiger partial charge on any atom is 0.291 e. The fourth-order valence-corrected chi connectivity index (χ4v) is 2.06. The van der Waals surface area contributed by atoms with Crippen LogP contribution in [-0.4, -0.2) is 15.9 Å². The molecule has 0 saturated heterocycles. The van der Waals surface area contributed by atoms with Crippen molar-refractivity contribution in [1.82, 2.24) is 9.78 Å². The fraction of sp³-hybridized carbons (Fsp3) is 0.231. The summed E-state index contributed by atoms with van der Waals surface area (Å²) in [6.07, 6.45) is 0.988. The highest BCUT2D eigenvalue weighted by molar-refractivity contribution is 6.41. The minimum Gasteiger partial charge on any atom is -0.489 e. The van der Waals surface area contributed by atoms with Gasteiger partial charge in [0.05, 0.1) is 22.3 Å². The molecule has 0 bridgehead atoms. The summed E-state index contributed by atoms with van der Waals surface area (Å²) in [6.45, 7) is 3.59. The molecule has 0 aliphatic rings. The zero-order valence-corrected chi connectivity index (χ0v) is 13.3. The maximum atomic E-state index is 14.1. The van der Waals surface area contributed by atoms with Crippen LogP contribution >= 0.6 is 34.8 Å². The monoisotopic (exact) mass is 350 g/mol. The molecule has 1 aromatic heterocycles. The third-order valence-electron chi connectivity index (χ3n) is 2.47. The molecule has 0 spiro atoms. The van der Waals surface area contributed by atoms with Crippen molar-refractivity contribution in [2.75, 3.05) is 0 Å². The van der Waals surface area contributed by atoms with Crippen molar-refractivity contribution in [3.63, 3.8) is 0 Å². The second-order valence-corrected chi connectivity index (χ2v) is 5.62. The number of rotatable bonds is 3. The number of ether oxygens (including phenoxy) is 1. The van der Waals surface area contributed by atoms with E-state index in [2.05, 4.69) is 5.10 Å². The third kappa shape index (κ3) is 3.31. The standard InChI is InChI=1S/C13H10Cl3FN2O2/c1-6(2)21-11-4-10(9(17)3-7(11)14)19-13(20)12(16)8(15)5-18-19/h3-6H,1-2H3. The minimum atomic E-state index is -0.735. The van der Waals surface area contributed by atoms with Gasteiger partial charge in [-0.05, 0) is 19.9 Å². The van der Waals surface area contributed by atoms with Gasteiger partial charge in [-0.15, -0.1) is 0 Å². The predicted octanol–water partition coefficient (Wildman–Crippen LogP) is 4.12. The number of benzene rings is 1. The molecule has 0 fully saturated rings. The summed E-state index contributed by atoms with van der Waals surface area (Å²) in [5.74, 6) is -0.494. The molecule has 21 heavy (non-hydrogen) atoms. The van der Waals surface area contributed by atoms with Crippen LogP contribution in [0.1, 0.15) is 13.8 Å². The lowest BCUT2D eigenvalue weighted by Crippen LogP contribution is -2.22. The Balaban J connectivity index is 2.64. The van der Waals surface area contributed by atoms with E-state index < -0.39 is 11.4 Å². The average molecular weight is 352 g/mol. The average Bonchev–Trinajstić information content (AvgIpc) is 2.40. The number of nitrogens with zero attached hydrogens (tertiary/aromatic N) is 2. The Morgan fingerprint density at radius 2 is 1.90 bits per heavy atom. The highest BCUT2D eigenvalue weighted by Gasteiger charge is 2.16. The molecule has 0 aliphatic heterocycles. The summed E-state index contributed by atoms with van der Waals surface area (Å²) in [6, 6.07) is 2.33. The van der Waals surface area contributed by atoms with Gasteiger partial charge in [-0.2, -0.15) is 9.78 Å². The summed E-state index contributed by atoms with van der Waals surface area (Å²) in [7, 11) is 0. The van der Waals surface area contributed by atoms with E-state index in [9.17, 15) is 9.18 Å². The summed E-state index contributed by atoms with van der Waals surface area (Å²) in [5, 5.41) is 3.61. The van der Waals surface area contributed by atoms with Crippen LogP contribution in [0.5, 0.6) is 5.75 Å². The summed E-state index contributed by atoms with van der Waals surface area (Å²) >= 11 is 17.4. The number of aromatic nitrogens is 2. The van der Waals surface area contributed by atoms with E-state index in [4.69, 9.17) is 39.5 Å². The fourth-order valence-electron chi connectivity index (χ4n) is 1.61. The number of halogens is 4. The molecule has 1 heterocycles. The van der Waals surface area contributed by atoms with Crippen LogP contribution in [0.15, 0.2) is 23.1 Å². The summed E-state index contributed by atoms with van der Waals surface area (Å²) < 4.78 is 20.3. The first-order valence-electron chi connectivity index (χ1n) is 5.90. The number of hydrogen-bond donors (Lipinski definition) is 0. The van der Waals surface area contributed by atoms with E-state index >= 15 is 0 Å². The van der Waals surface area contributed by atoms with Crippen LogP contribution in [0, 0.1) is 5.82 Å². The molecule has 1 aromatic carbocycles. The topological polar surface area (TPSA) is 44.1 Å². The molecular formula is C13H10Cl3FN2O2. The normalized spacial score (nSPS) is 11.0. The van der Waals surface area contributed by atoms with Gasteiger partial charge in [0.25, 0.3) is 5.56 Å². The van der Waals surface area contributed by atoms with E-state index in [1.54, 1.807) is 13.8 Å². The first-order valence-corrected chi connectivity index (χ1v) is 7.04. The molecule has 0 atom stereocenters. The van der Waals surface area contributed by atoms with Gasteiger partial charge in [-0.25, -0.2) is 4.39 Å². The molecule has 0 aliphatic carbocycles. The largest absolute Gasteiger partial charge is 0.489 e. The van der Waals surface area contributed by atoms with Gasteiger partial charge in [-0.1, -0.05) is 34.8 Å². The molecule has 0 N–H and O–H groups in total. The molecule has 112 valence electrons. The molecular weight excluding hydrogens is 342 g/mol. The minimum absolute atomic E-state index is 0.00839. The number of hydrogen-bond acceptors (Lipinski definition) is 3. The molecule has 2 aromatic rings. The highest BCUT2D eigenvalue weighted by atomic mass is 35.5. The lowest BCUT2D eigenvalue weighted by molar-refractivity contribution is 0.242. The van der Waals surface area contributed by atoms with Crippen LogP contribution in [0.25, 0.3) is 5.69 Å². The van der Waals surface area contributed by atoms with Crippen LogP contribution in [0.2, 0.25) is 15.1 Å². The van der Waals surface area contributed by atoms with Crippen LogP contribution in [-0.2, 0) is 0 Å². The quantitative estimate of drug-likeness (QED) is 0.835. The lowest BCUT2D eigenvalue weighted by atomic mass is 10.2. The summed E-state index contributed by atoms with van der Waals surface area (Å²) in [4.78, 5) is 12.0. The van der Waals surface area contributed by atoms with Gasteiger partial charge in [0.15, 0.2) is 5.82 Å². The van der Waals surface area contributed by atoms with Gasteiger partial charge in [0, 0.05) is 6.07 Å². The molecule has 0 saturated carbocycles. The van der Waals surface area contributed by atoms with Gasteiger partial charge < -0.3 is 4.74 Å². The second kappa shape index (κ2) is 6.22. The Hall–Kier alpha value is -1.30. The molecule has 0 amide bonds. The molecule has 0 radical (unpaired) electrons. The first kappa shape index (κ1) is 16.1. The van der Waals surface area contributed by atoms with E-state index in [0.717, 1.165) is 16.9 Å². The van der Waals surface area contributed by atoms with E-state index in [1.807, 2.05) is 0 Å². The van der Waals surface area contributed by atoms with Crippen molar-refractivity contribution in [2.45, 2.75) is 20.0 Å². The molecule has 2 rings (SSSR count). The smallest absolute Gasteiger partial charge is 0.291 e. The van der Waals surface area contributed by atoms with Crippen molar-refractivity contribution in [2.24, 2.45) is 0 Å². The Labute approximate surface area is 135 Å². The van der Waals surface area contributed by atoms with Crippen molar-refractivity contribution >= 4 is 34.8 Å². The second-order valence-electron chi connectivity index (χ2n) is 4.42.